The minimum atomic E-state index is 0.903. The zero-order valence-corrected chi connectivity index (χ0v) is 16.2. The number of aromatic nitrogens is 4. The predicted molar refractivity (Wildman–Crippen MR) is 103 cm³/mol. The van der Waals surface area contributed by atoms with Gasteiger partial charge in [-0.05, 0) is 30.5 Å². The van der Waals surface area contributed by atoms with E-state index < -0.39 is 0 Å². The van der Waals surface area contributed by atoms with Crippen molar-refractivity contribution in [3.8, 4) is 11.1 Å². The molecule has 0 fully saturated rings. The quantitative estimate of drug-likeness (QED) is 0.345. The molecular formula is C16H12N4S4. The second kappa shape index (κ2) is 6.79. The second-order valence-corrected chi connectivity index (χ2v) is 9.14. The number of rotatable bonds is 4. The smallest absolute Gasteiger partial charge is 0.181 e. The molecule has 4 rings (SSSR count). The number of thiophene rings is 1. The molecule has 0 atom stereocenters. The fourth-order valence-electron chi connectivity index (χ4n) is 2.27. The lowest BCUT2D eigenvalue weighted by molar-refractivity contribution is 0.954. The summed E-state index contributed by atoms with van der Waals surface area (Å²) in [4.78, 5) is 9.93. The van der Waals surface area contributed by atoms with Crippen LogP contribution in [-0.4, -0.2) is 26.4 Å². The molecule has 0 saturated heterocycles. The molecule has 0 aliphatic rings. The minimum Gasteiger partial charge on any atom is -0.229 e. The lowest BCUT2D eigenvalue weighted by Crippen LogP contribution is -1.86. The first-order valence-corrected chi connectivity index (χ1v) is 10.8. The Kier molecular flexibility index (Phi) is 4.53. The first-order chi connectivity index (χ1) is 11.7. The van der Waals surface area contributed by atoms with Crippen LogP contribution in [0.15, 0.2) is 49.7 Å². The predicted octanol–water partition coefficient (Wildman–Crippen LogP) is 5.39. The molecular weight excluding hydrogens is 376 g/mol. The van der Waals surface area contributed by atoms with Crippen molar-refractivity contribution >= 4 is 56.4 Å². The van der Waals surface area contributed by atoms with E-state index in [4.69, 9.17) is 0 Å². The zero-order valence-electron chi connectivity index (χ0n) is 12.9. The molecule has 0 saturated carbocycles. The molecule has 3 heterocycles. The first-order valence-electron chi connectivity index (χ1n) is 7.09. The highest BCUT2D eigenvalue weighted by Gasteiger charge is 2.15. The van der Waals surface area contributed by atoms with E-state index in [2.05, 4.69) is 56.7 Å². The summed E-state index contributed by atoms with van der Waals surface area (Å²) in [5.74, 6) is 0. The van der Waals surface area contributed by atoms with Gasteiger partial charge in [-0.1, -0.05) is 52.9 Å². The molecule has 0 aliphatic heterocycles. The van der Waals surface area contributed by atoms with Crippen molar-refractivity contribution in [3.63, 3.8) is 0 Å². The van der Waals surface area contributed by atoms with Crippen LogP contribution in [0.2, 0.25) is 0 Å². The maximum Gasteiger partial charge on any atom is 0.181 e. The molecule has 0 spiro atoms. The summed E-state index contributed by atoms with van der Waals surface area (Å²) in [5, 5.41) is 12.6. The van der Waals surface area contributed by atoms with Gasteiger partial charge in [-0.15, -0.1) is 21.5 Å². The van der Waals surface area contributed by atoms with E-state index in [1.807, 2.05) is 6.26 Å². The highest BCUT2D eigenvalue weighted by molar-refractivity contribution is 8.03. The maximum atomic E-state index is 4.50. The van der Waals surface area contributed by atoms with Crippen LogP contribution in [0.3, 0.4) is 0 Å². The van der Waals surface area contributed by atoms with E-state index >= 15 is 0 Å². The topological polar surface area (TPSA) is 51.6 Å². The van der Waals surface area contributed by atoms with Crippen molar-refractivity contribution < 1.29 is 0 Å². The van der Waals surface area contributed by atoms with E-state index in [0.29, 0.717) is 0 Å². The third kappa shape index (κ3) is 3.06. The fourth-order valence-corrected chi connectivity index (χ4v) is 5.71. The van der Waals surface area contributed by atoms with Crippen molar-refractivity contribution in [2.45, 2.75) is 20.6 Å². The SMILES string of the molecule is CSc1nnc(Sc2ncnc3scc(-c4ccc(C)cc4)c23)s1. The number of aryl methyl sites for hydroxylation is 1. The Bertz CT molecular complexity index is 991. The lowest BCUT2D eigenvalue weighted by atomic mass is 10.1. The van der Waals surface area contributed by atoms with Crippen LogP contribution < -0.4 is 0 Å². The number of hydrogen-bond donors (Lipinski definition) is 0. The van der Waals surface area contributed by atoms with E-state index in [-0.39, 0.29) is 0 Å². The molecule has 24 heavy (non-hydrogen) atoms. The van der Waals surface area contributed by atoms with Gasteiger partial charge in [-0.3, -0.25) is 0 Å². The average Bonchev–Trinajstić information content (AvgIpc) is 3.23. The molecule has 3 aromatic heterocycles. The Labute approximate surface area is 155 Å². The second-order valence-electron chi connectivity index (χ2n) is 5.01. The molecule has 0 unspecified atom stereocenters. The van der Waals surface area contributed by atoms with Gasteiger partial charge in [-0.2, -0.15) is 0 Å². The molecule has 0 radical (unpaired) electrons. The number of nitrogens with zero attached hydrogens (tertiary/aromatic N) is 4. The van der Waals surface area contributed by atoms with Gasteiger partial charge in [0.25, 0.3) is 0 Å². The third-order valence-corrected chi connectivity index (χ3v) is 7.28. The Morgan fingerprint density at radius 3 is 2.54 bits per heavy atom. The van der Waals surface area contributed by atoms with Gasteiger partial charge < -0.3 is 0 Å². The summed E-state index contributed by atoms with van der Waals surface area (Å²) in [6.07, 6.45) is 3.63. The summed E-state index contributed by atoms with van der Waals surface area (Å²) in [5.41, 5.74) is 3.61. The summed E-state index contributed by atoms with van der Waals surface area (Å²) in [6, 6.07) is 8.56. The van der Waals surface area contributed by atoms with Gasteiger partial charge in [0.15, 0.2) is 8.68 Å². The van der Waals surface area contributed by atoms with E-state index in [9.17, 15) is 0 Å². The van der Waals surface area contributed by atoms with Crippen LogP contribution in [0.4, 0.5) is 0 Å². The summed E-state index contributed by atoms with van der Waals surface area (Å²) >= 11 is 6.40. The van der Waals surface area contributed by atoms with Gasteiger partial charge in [-0.25, -0.2) is 9.97 Å². The summed E-state index contributed by atoms with van der Waals surface area (Å²) in [7, 11) is 0. The highest BCUT2D eigenvalue weighted by Crippen LogP contribution is 2.41. The van der Waals surface area contributed by atoms with Gasteiger partial charge in [0.05, 0.1) is 5.39 Å². The lowest BCUT2D eigenvalue weighted by Gasteiger charge is -2.04. The summed E-state index contributed by atoms with van der Waals surface area (Å²) < 4.78 is 1.87. The van der Waals surface area contributed by atoms with Crippen LogP contribution in [0.25, 0.3) is 21.3 Å². The molecule has 8 heteroatoms. The van der Waals surface area contributed by atoms with Crippen LogP contribution in [0.1, 0.15) is 5.56 Å². The molecule has 0 amide bonds. The molecule has 4 nitrogen and oxygen atoms in total. The Morgan fingerprint density at radius 1 is 1.00 bits per heavy atom. The highest BCUT2D eigenvalue weighted by atomic mass is 32.2. The van der Waals surface area contributed by atoms with E-state index in [0.717, 1.165) is 23.9 Å². The van der Waals surface area contributed by atoms with Crippen LogP contribution in [0.5, 0.6) is 0 Å². The number of benzene rings is 1. The monoisotopic (exact) mass is 388 g/mol. The van der Waals surface area contributed by atoms with Crippen molar-refractivity contribution in [2.75, 3.05) is 6.26 Å². The first kappa shape index (κ1) is 16.0. The Morgan fingerprint density at radius 2 is 1.79 bits per heavy atom. The number of fused-ring (bicyclic) bond motifs is 1. The van der Waals surface area contributed by atoms with Gasteiger partial charge in [0, 0.05) is 10.9 Å². The fraction of sp³-hybridized carbons (Fsp3) is 0.125. The molecule has 0 aliphatic carbocycles. The molecule has 4 aromatic rings. The average molecular weight is 389 g/mol. The van der Waals surface area contributed by atoms with Crippen LogP contribution in [0, 0.1) is 6.92 Å². The molecule has 0 N–H and O–H groups in total. The van der Waals surface area contributed by atoms with Crippen LogP contribution in [-0.2, 0) is 0 Å². The molecule has 1 aromatic carbocycles. The van der Waals surface area contributed by atoms with E-state index in [1.54, 1.807) is 52.5 Å². The molecule has 120 valence electrons. The minimum absolute atomic E-state index is 0.903. The number of hydrogen-bond acceptors (Lipinski definition) is 8. The third-order valence-electron chi connectivity index (χ3n) is 3.44. The van der Waals surface area contributed by atoms with E-state index in [1.165, 1.54) is 16.7 Å². The Balaban J connectivity index is 1.80. The van der Waals surface area contributed by atoms with Crippen molar-refractivity contribution in [2.24, 2.45) is 0 Å². The normalized spacial score (nSPS) is 11.2. The zero-order chi connectivity index (χ0) is 16.5. The van der Waals surface area contributed by atoms with Crippen molar-refractivity contribution in [1.82, 2.24) is 20.2 Å². The van der Waals surface area contributed by atoms with Crippen molar-refractivity contribution in [3.05, 3.63) is 41.5 Å². The van der Waals surface area contributed by atoms with Crippen LogP contribution >= 0.6 is 46.2 Å². The Hall–Kier alpha value is -1.48. The largest absolute Gasteiger partial charge is 0.229 e. The standard InChI is InChI=1S/C16H12N4S4/c1-9-3-5-10(6-4-9)11-7-22-13-12(11)14(18-8-17-13)23-16-20-19-15(21-2)24-16/h3-8H,1-2H3. The number of thioether (sulfide) groups is 1. The summed E-state index contributed by atoms with van der Waals surface area (Å²) in [6.45, 7) is 2.10. The maximum absolute atomic E-state index is 4.50. The van der Waals surface area contributed by atoms with Gasteiger partial charge in [0.2, 0.25) is 0 Å². The molecule has 0 bridgehead atoms. The van der Waals surface area contributed by atoms with Gasteiger partial charge in [0.1, 0.15) is 16.2 Å². The van der Waals surface area contributed by atoms with Crippen molar-refractivity contribution in [1.29, 1.82) is 0 Å². The van der Waals surface area contributed by atoms with Gasteiger partial charge >= 0.3 is 0 Å².